The highest BCUT2D eigenvalue weighted by molar-refractivity contribution is 5.68. The SMILES string of the molecule is COc1cccc(-c2nc(CN(C)C[C@@]3(c4ccccc4)CC3(C)C)c(C)o2)c1OC. The third-order valence-electron chi connectivity index (χ3n) is 6.73. The Morgan fingerprint density at radius 3 is 2.35 bits per heavy atom. The molecule has 0 N–H and O–H groups in total. The minimum atomic E-state index is 0.180. The number of hydrogen-bond donors (Lipinski definition) is 0. The summed E-state index contributed by atoms with van der Waals surface area (Å²) >= 11 is 0. The maximum Gasteiger partial charge on any atom is 0.230 e. The number of ether oxygens (including phenoxy) is 2. The lowest BCUT2D eigenvalue weighted by molar-refractivity contribution is 0.268. The molecular weight excluding hydrogens is 388 g/mol. The quantitative estimate of drug-likeness (QED) is 0.484. The van der Waals surface area contributed by atoms with Gasteiger partial charge in [0.1, 0.15) is 5.76 Å². The van der Waals surface area contributed by atoms with E-state index in [1.165, 1.54) is 12.0 Å². The van der Waals surface area contributed by atoms with Crippen molar-refractivity contribution in [3.8, 4) is 23.0 Å². The smallest absolute Gasteiger partial charge is 0.230 e. The average Bonchev–Trinajstić information content (AvgIpc) is 3.13. The third-order valence-corrected chi connectivity index (χ3v) is 6.73. The Morgan fingerprint density at radius 2 is 1.74 bits per heavy atom. The van der Waals surface area contributed by atoms with Crippen molar-refractivity contribution in [1.29, 1.82) is 0 Å². The highest BCUT2D eigenvalue weighted by atomic mass is 16.5. The van der Waals surface area contributed by atoms with E-state index >= 15 is 0 Å². The van der Waals surface area contributed by atoms with Crippen LogP contribution in [0.4, 0.5) is 0 Å². The number of nitrogens with zero attached hydrogens (tertiary/aromatic N) is 2. The number of para-hydroxylation sites is 1. The van der Waals surface area contributed by atoms with E-state index in [9.17, 15) is 0 Å². The summed E-state index contributed by atoms with van der Waals surface area (Å²) in [7, 11) is 5.43. The number of hydrogen-bond acceptors (Lipinski definition) is 5. The van der Waals surface area contributed by atoms with Crippen molar-refractivity contribution in [2.75, 3.05) is 27.8 Å². The molecule has 0 unspecified atom stereocenters. The molecule has 1 aliphatic carbocycles. The second kappa shape index (κ2) is 8.04. The Morgan fingerprint density at radius 1 is 1.03 bits per heavy atom. The minimum absolute atomic E-state index is 0.180. The third kappa shape index (κ3) is 3.83. The van der Waals surface area contributed by atoms with Gasteiger partial charge in [-0.1, -0.05) is 50.2 Å². The fourth-order valence-electron chi connectivity index (χ4n) is 4.84. The Bertz CT molecular complexity index is 1060. The molecule has 0 bridgehead atoms. The summed E-state index contributed by atoms with van der Waals surface area (Å²) in [6.45, 7) is 8.41. The Kier molecular flexibility index (Phi) is 5.56. The lowest BCUT2D eigenvalue weighted by atomic mass is 9.87. The molecule has 1 aromatic heterocycles. The topological polar surface area (TPSA) is 47.7 Å². The second-order valence-corrected chi connectivity index (χ2v) is 9.24. The summed E-state index contributed by atoms with van der Waals surface area (Å²) in [6, 6.07) is 16.6. The van der Waals surface area contributed by atoms with E-state index in [1.807, 2.05) is 25.1 Å². The second-order valence-electron chi connectivity index (χ2n) is 9.24. The van der Waals surface area contributed by atoms with E-state index in [-0.39, 0.29) is 5.41 Å². The normalized spacial score (nSPS) is 19.5. The van der Waals surface area contributed by atoms with Crippen LogP contribution in [0, 0.1) is 12.3 Å². The molecule has 0 saturated heterocycles. The predicted octanol–water partition coefficient (Wildman–Crippen LogP) is 5.47. The molecular formula is C26H32N2O3. The van der Waals surface area contributed by atoms with Gasteiger partial charge in [0, 0.05) is 18.5 Å². The number of likely N-dealkylation sites (N-methyl/N-ethyl adjacent to an activating group) is 1. The molecule has 1 aliphatic rings. The first-order chi connectivity index (χ1) is 14.8. The lowest BCUT2D eigenvalue weighted by Crippen LogP contribution is -2.32. The van der Waals surface area contributed by atoms with Crippen molar-refractivity contribution in [2.24, 2.45) is 5.41 Å². The molecule has 1 saturated carbocycles. The van der Waals surface area contributed by atoms with Crippen LogP contribution in [-0.2, 0) is 12.0 Å². The molecule has 4 rings (SSSR count). The van der Waals surface area contributed by atoms with Gasteiger partial charge < -0.3 is 13.9 Å². The maximum atomic E-state index is 6.04. The van der Waals surface area contributed by atoms with Crippen molar-refractivity contribution in [3.63, 3.8) is 0 Å². The van der Waals surface area contributed by atoms with Gasteiger partial charge in [0.2, 0.25) is 5.89 Å². The summed E-state index contributed by atoms with van der Waals surface area (Å²) in [5, 5.41) is 0. The number of rotatable bonds is 8. The number of aryl methyl sites for hydroxylation is 1. The predicted molar refractivity (Wildman–Crippen MR) is 123 cm³/mol. The Labute approximate surface area is 185 Å². The monoisotopic (exact) mass is 420 g/mol. The molecule has 5 heteroatoms. The summed E-state index contributed by atoms with van der Waals surface area (Å²) in [6.07, 6.45) is 1.19. The standard InChI is InChI=1S/C26H32N2O3/c1-18-21(27-24(31-18)20-13-10-14-22(29-5)23(20)30-6)15-28(4)17-26(16-25(26,2)3)19-11-8-7-9-12-19/h7-14H,15-17H2,1-6H3/t26-/m1/s1. The average molecular weight is 421 g/mol. The molecule has 1 heterocycles. The van der Waals surface area contributed by atoms with Crippen LogP contribution in [0.1, 0.15) is 37.3 Å². The largest absolute Gasteiger partial charge is 0.493 e. The molecule has 0 spiro atoms. The van der Waals surface area contributed by atoms with Gasteiger partial charge in [-0.05, 0) is 43.5 Å². The van der Waals surface area contributed by atoms with Gasteiger partial charge in [-0.15, -0.1) is 0 Å². The van der Waals surface area contributed by atoms with Gasteiger partial charge in [-0.25, -0.2) is 4.98 Å². The van der Waals surface area contributed by atoms with Crippen LogP contribution >= 0.6 is 0 Å². The van der Waals surface area contributed by atoms with E-state index in [1.54, 1.807) is 14.2 Å². The van der Waals surface area contributed by atoms with Crippen molar-refractivity contribution < 1.29 is 13.9 Å². The fourth-order valence-corrected chi connectivity index (χ4v) is 4.84. The van der Waals surface area contributed by atoms with Gasteiger partial charge in [0.25, 0.3) is 0 Å². The first-order valence-electron chi connectivity index (χ1n) is 10.7. The molecule has 1 fully saturated rings. The summed E-state index contributed by atoms with van der Waals surface area (Å²) < 4.78 is 17.0. The highest BCUT2D eigenvalue weighted by Gasteiger charge is 2.61. The minimum Gasteiger partial charge on any atom is -0.493 e. The van der Waals surface area contributed by atoms with Crippen LogP contribution in [-0.4, -0.2) is 37.7 Å². The molecule has 164 valence electrons. The lowest BCUT2D eigenvalue weighted by Gasteiger charge is -2.27. The van der Waals surface area contributed by atoms with E-state index in [2.05, 4.69) is 56.1 Å². The van der Waals surface area contributed by atoms with Crippen LogP contribution in [0.2, 0.25) is 0 Å². The van der Waals surface area contributed by atoms with Crippen LogP contribution in [0.3, 0.4) is 0 Å². The zero-order valence-electron chi connectivity index (χ0n) is 19.4. The molecule has 2 aromatic carbocycles. The summed E-state index contributed by atoms with van der Waals surface area (Å²) in [5.74, 6) is 2.68. The molecule has 5 nitrogen and oxygen atoms in total. The van der Waals surface area contributed by atoms with Crippen molar-refractivity contribution in [2.45, 2.75) is 39.2 Å². The zero-order valence-corrected chi connectivity index (χ0v) is 19.4. The molecule has 31 heavy (non-hydrogen) atoms. The molecule has 1 atom stereocenters. The zero-order chi connectivity index (χ0) is 22.2. The first-order valence-corrected chi connectivity index (χ1v) is 10.7. The number of oxazole rings is 1. The van der Waals surface area contributed by atoms with Crippen molar-refractivity contribution in [1.82, 2.24) is 9.88 Å². The van der Waals surface area contributed by atoms with E-state index < -0.39 is 0 Å². The molecule has 0 radical (unpaired) electrons. The molecule has 3 aromatic rings. The number of aromatic nitrogens is 1. The van der Waals surface area contributed by atoms with Gasteiger partial charge >= 0.3 is 0 Å². The molecule has 0 aliphatic heterocycles. The fraction of sp³-hybridized carbons (Fsp3) is 0.423. The van der Waals surface area contributed by atoms with Crippen LogP contribution in [0.5, 0.6) is 11.5 Å². The summed E-state index contributed by atoms with van der Waals surface area (Å²) in [5.41, 5.74) is 3.64. The highest BCUT2D eigenvalue weighted by Crippen LogP contribution is 2.64. The van der Waals surface area contributed by atoms with Crippen LogP contribution in [0.15, 0.2) is 52.9 Å². The first kappa shape index (κ1) is 21.4. The van der Waals surface area contributed by atoms with Gasteiger partial charge in [-0.2, -0.15) is 0 Å². The van der Waals surface area contributed by atoms with Gasteiger partial charge in [0.05, 0.1) is 25.5 Å². The summed E-state index contributed by atoms with van der Waals surface area (Å²) in [4.78, 5) is 7.18. The Balaban J connectivity index is 1.56. The van der Waals surface area contributed by atoms with E-state index in [0.29, 0.717) is 22.8 Å². The Hall–Kier alpha value is -2.79. The van der Waals surface area contributed by atoms with Crippen molar-refractivity contribution >= 4 is 0 Å². The van der Waals surface area contributed by atoms with E-state index in [0.717, 1.165) is 30.1 Å². The van der Waals surface area contributed by atoms with Crippen molar-refractivity contribution in [3.05, 3.63) is 65.5 Å². The van der Waals surface area contributed by atoms with E-state index in [4.69, 9.17) is 18.9 Å². The molecule has 0 amide bonds. The van der Waals surface area contributed by atoms with Gasteiger partial charge in [0.15, 0.2) is 11.5 Å². The number of benzene rings is 2. The van der Waals surface area contributed by atoms with Crippen LogP contribution in [0.25, 0.3) is 11.5 Å². The number of methoxy groups -OCH3 is 2. The van der Waals surface area contributed by atoms with Crippen LogP contribution < -0.4 is 9.47 Å². The van der Waals surface area contributed by atoms with Gasteiger partial charge in [-0.3, -0.25) is 4.90 Å². The maximum absolute atomic E-state index is 6.04.